The van der Waals surface area contributed by atoms with Gasteiger partial charge in [0.05, 0.1) is 7.11 Å². The van der Waals surface area contributed by atoms with Gasteiger partial charge in [-0.1, -0.05) is 13.0 Å². The highest BCUT2D eigenvalue weighted by atomic mass is 16.5. The first-order chi connectivity index (χ1) is 12.1. The summed E-state index contributed by atoms with van der Waals surface area (Å²) in [7, 11) is 1.59. The number of ether oxygens (including phenoxy) is 2. The lowest BCUT2D eigenvalue weighted by molar-refractivity contribution is -0.118. The molecule has 0 bridgehead atoms. The molecule has 2 amide bonds. The van der Waals surface area contributed by atoms with Crippen molar-refractivity contribution in [2.24, 2.45) is 0 Å². The van der Waals surface area contributed by atoms with E-state index in [2.05, 4.69) is 10.6 Å². The highest BCUT2D eigenvalue weighted by molar-refractivity contribution is 5.94. The van der Waals surface area contributed by atoms with Crippen LogP contribution in [0.4, 0.5) is 11.4 Å². The minimum absolute atomic E-state index is 0.0474. The Morgan fingerprint density at radius 2 is 1.52 bits per heavy atom. The summed E-state index contributed by atoms with van der Waals surface area (Å²) in [5, 5.41) is 5.53. The van der Waals surface area contributed by atoms with E-state index in [0.29, 0.717) is 23.5 Å². The van der Waals surface area contributed by atoms with Crippen LogP contribution in [0.2, 0.25) is 0 Å². The minimum atomic E-state index is -0.284. The van der Waals surface area contributed by atoms with E-state index in [1.54, 1.807) is 55.6 Å². The van der Waals surface area contributed by atoms with Gasteiger partial charge in [-0.2, -0.15) is 0 Å². The zero-order chi connectivity index (χ0) is 18.1. The highest BCUT2D eigenvalue weighted by Crippen LogP contribution is 2.18. The van der Waals surface area contributed by atoms with Gasteiger partial charge in [-0.25, -0.2) is 0 Å². The number of nitrogens with one attached hydrogen (secondary N) is 2. The highest BCUT2D eigenvalue weighted by Gasteiger charge is 2.06. The summed E-state index contributed by atoms with van der Waals surface area (Å²) >= 11 is 0. The van der Waals surface area contributed by atoms with E-state index in [4.69, 9.17) is 9.47 Å². The van der Waals surface area contributed by atoms with Gasteiger partial charge in [0.2, 0.25) is 5.91 Å². The van der Waals surface area contributed by atoms with Crippen LogP contribution in [0.5, 0.6) is 11.5 Å². The van der Waals surface area contributed by atoms with Crippen LogP contribution in [0.25, 0.3) is 0 Å². The molecule has 0 saturated heterocycles. The van der Waals surface area contributed by atoms with Crippen molar-refractivity contribution in [3.8, 4) is 11.5 Å². The average molecular weight is 342 g/mol. The predicted molar refractivity (Wildman–Crippen MR) is 97.1 cm³/mol. The fourth-order valence-electron chi connectivity index (χ4n) is 2.14. The molecule has 6 nitrogen and oxygen atoms in total. The summed E-state index contributed by atoms with van der Waals surface area (Å²) in [6.45, 7) is 1.83. The molecule has 0 heterocycles. The van der Waals surface area contributed by atoms with E-state index in [0.717, 1.165) is 12.2 Å². The van der Waals surface area contributed by atoms with Gasteiger partial charge in [0.25, 0.3) is 5.91 Å². The van der Waals surface area contributed by atoms with Crippen molar-refractivity contribution < 1.29 is 19.1 Å². The third-order valence-electron chi connectivity index (χ3n) is 3.34. The standard InChI is InChI=1S/C19H22N2O4/c1-3-5-18(22)20-14-6-4-7-15(12-14)21-19(23)13-25-17-10-8-16(24-2)9-11-17/h4,6-12H,3,5,13H2,1-2H3,(H,20,22)(H,21,23). The molecule has 0 aliphatic carbocycles. The minimum Gasteiger partial charge on any atom is -0.497 e. The van der Waals surface area contributed by atoms with E-state index in [1.165, 1.54) is 0 Å². The first-order valence-corrected chi connectivity index (χ1v) is 8.07. The molecule has 0 unspecified atom stereocenters. The Morgan fingerprint density at radius 3 is 2.12 bits per heavy atom. The number of anilines is 2. The van der Waals surface area contributed by atoms with Gasteiger partial charge in [0.15, 0.2) is 6.61 Å². The fourth-order valence-corrected chi connectivity index (χ4v) is 2.14. The lowest BCUT2D eigenvalue weighted by Gasteiger charge is -2.10. The summed E-state index contributed by atoms with van der Waals surface area (Å²) < 4.78 is 10.5. The van der Waals surface area contributed by atoms with E-state index in [1.807, 2.05) is 6.92 Å². The third kappa shape index (κ3) is 6.18. The molecule has 2 aromatic rings. The van der Waals surface area contributed by atoms with Crippen molar-refractivity contribution >= 4 is 23.2 Å². The van der Waals surface area contributed by atoms with Crippen LogP contribution < -0.4 is 20.1 Å². The molecule has 0 saturated carbocycles. The number of benzene rings is 2. The zero-order valence-corrected chi connectivity index (χ0v) is 14.4. The largest absolute Gasteiger partial charge is 0.497 e. The number of amides is 2. The maximum atomic E-state index is 12.0. The Kier molecular flexibility index (Phi) is 6.83. The average Bonchev–Trinajstić information content (AvgIpc) is 2.61. The summed E-state index contributed by atoms with van der Waals surface area (Å²) in [5.74, 6) is 0.969. The fraction of sp³-hybridized carbons (Fsp3) is 0.263. The number of hydrogen-bond acceptors (Lipinski definition) is 4. The van der Waals surface area contributed by atoms with Crippen molar-refractivity contribution in [3.63, 3.8) is 0 Å². The summed E-state index contributed by atoms with van der Waals surface area (Å²) in [6, 6.07) is 14.0. The Morgan fingerprint density at radius 1 is 0.920 bits per heavy atom. The molecule has 2 aromatic carbocycles. The Bertz CT molecular complexity index is 714. The van der Waals surface area contributed by atoms with Gasteiger partial charge >= 0.3 is 0 Å². The first kappa shape index (κ1) is 18.3. The van der Waals surface area contributed by atoms with Gasteiger partial charge < -0.3 is 20.1 Å². The molecule has 2 N–H and O–H groups in total. The second-order valence-corrected chi connectivity index (χ2v) is 5.39. The molecule has 0 fully saturated rings. The molecule has 0 radical (unpaired) electrons. The lowest BCUT2D eigenvalue weighted by Crippen LogP contribution is -2.20. The third-order valence-corrected chi connectivity index (χ3v) is 3.34. The second-order valence-electron chi connectivity index (χ2n) is 5.39. The normalized spacial score (nSPS) is 10.0. The van der Waals surface area contributed by atoms with Gasteiger partial charge in [-0.15, -0.1) is 0 Å². The molecule has 0 spiro atoms. The van der Waals surface area contributed by atoms with Crippen LogP contribution in [-0.4, -0.2) is 25.5 Å². The van der Waals surface area contributed by atoms with E-state index in [9.17, 15) is 9.59 Å². The van der Waals surface area contributed by atoms with Crippen LogP contribution in [0.15, 0.2) is 48.5 Å². The van der Waals surface area contributed by atoms with Crippen LogP contribution >= 0.6 is 0 Å². The molecule has 0 aromatic heterocycles. The van der Waals surface area contributed by atoms with E-state index >= 15 is 0 Å². The Labute approximate surface area is 147 Å². The lowest BCUT2D eigenvalue weighted by atomic mass is 10.2. The maximum absolute atomic E-state index is 12.0. The SMILES string of the molecule is CCCC(=O)Nc1cccc(NC(=O)COc2ccc(OC)cc2)c1. The monoisotopic (exact) mass is 342 g/mol. The van der Waals surface area contributed by atoms with Crippen LogP contribution in [-0.2, 0) is 9.59 Å². The van der Waals surface area contributed by atoms with Crippen molar-refractivity contribution in [2.45, 2.75) is 19.8 Å². The smallest absolute Gasteiger partial charge is 0.262 e. The first-order valence-electron chi connectivity index (χ1n) is 8.07. The van der Waals surface area contributed by atoms with E-state index in [-0.39, 0.29) is 18.4 Å². The molecule has 132 valence electrons. The van der Waals surface area contributed by atoms with Gasteiger partial charge in [0.1, 0.15) is 11.5 Å². The summed E-state index contributed by atoms with van der Waals surface area (Å²) in [4.78, 5) is 23.6. The Balaban J connectivity index is 1.86. The zero-order valence-electron chi connectivity index (χ0n) is 14.4. The van der Waals surface area contributed by atoms with Crippen molar-refractivity contribution in [1.29, 1.82) is 0 Å². The number of rotatable bonds is 8. The molecule has 0 aliphatic rings. The van der Waals surface area contributed by atoms with Crippen molar-refractivity contribution in [2.75, 3.05) is 24.4 Å². The molecule has 6 heteroatoms. The molecule has 2 rings (SSSR count). The van der Waals surface area contributed by atoms with Gasteiger partial charge in [-0.3, -0.25) is 9.59 Å². The topological polar surface area (TPSA) is 76.7 Å². The van der Waals surface area contributed by atoms with Crippen LogP contribution in [0.3, 0.4) is 0 Å². The summed E-state index contributed by atoms with van der Waals surface area (Å²) in [6.07, 6.45) is 1.25. The summed E-state index contributed by atoms with van der Waals surface area (Å²) in [5.41, 5.74) is 1.24. The molecule has 25 heavy (non-hydrogen) atoms. The molecular weight excluding hydrogens is 320 g/mol. The van der Waals surface area contributed by atoms with Gasteiger partial charge in [-0.05, 0) is 48.9 Å². The molecular formula is C19H22N2O4. The number of methoxy groups -OCH3 is 1. The Hall–Kier alpha value is -3.02. The van der Waals surface area contributed by atoms with E-state index < -0.39 is 0 Å². The van der Waals surface area contributed by atoms with Crippen molar-refractivity contribution in [3.05, 3.63) is 48.5 Å². The number of carbonyl (C=O) groups excluding carboxylic acids is 2. The van der Waals surface area contributed by atoms with Crippen molar-refractivity contribution in [1.82, 2.24) is 0 Å². The quantitative estimate of drug-likeness (QED) is 0.770. The number of hydrogen-bond donors (Lipinski definition) is 2. The maximum Gasteiger partial charge on any atom is 0.262 e. The second kappa shape index (κ2) is 9.32. The molecule has 0 atom stereocenters. The number of carbonyl (C=O) groups is 2. The van der Waals surface area contributed by atoms with Crippen LogP contribution in [0, 0.1) is 0 Å². The predicted octanol–water partition coefficient (Wildman–Crippen LogP) is 3.45. The van der Waals surface area contributed by atoms with Crippen LogP contribution in [0.1, 0.15) is 19.8 Å². The van der Waals surface area contributed by atoms with Gasteiger partial charge in [0, 0.05) is 17.8 Å². The molecule has 0 aliphatic heterocycles.